The van der Waals surface area contributed by atoms with Gasteiger partial charge in [-0.25, -0.2) is 4.98 Å². The zero-order valence-corrected chi connectivity index (χ0v) is 9.66. The van der Waals surface area contributed by atoms with E-state index in [0.717, 1.165) is 4.90 Å². The molecule has 2 amide bonds. The van der Waals surface area contributed by atoms with E-state index in [0.29, 0.717) is 5.69 Å². The highest BCUT2D eigenvalue weighted by Crippen LogP contribution is 2.01. The molecule has 0 aliphatic rings. The van der Waals surface area contributed by atoms with Gasteiger partial charge in [0, 0.05) is 6.20 Å². The molecule has 0 aliphatic carbocycles. The Morgan fingerprint density at radius 2 is 1.94 bits per heavy atom. The molecule has 0 aromatic carbocycles. The van der Waals surface area contributed by atoms with Crippen LogP contribution in [0.1, 0.15) is 16.2 Å². The fraction of sp³-hybridized carbons (Fsp3) is 0.300. The Morgan fingerprint density at radius 3 is 2.39 bits per heavy atom. The molecular weight excluding hydrogens is 240 g/mol. The highest BCUT2D eigenvalue weighted by Gasteiger charge is 2.21. The van der Waals surface area contributed by atoms with Crippen molar-refractivity contribution in [2.75, 3.05) is 13.1 Å². The third-order valence-electron chi connectivity index (χ3n) is 1.96. The molecular formula is C10H12N4O4. The highest BCUT2D eigenvalue weighted by atomic mass is 16.4. The largest absolute Gasteiger partial charge is 0.480 e. The smallest absolute Gasteiger partial charge is 0.323 e. The number of aliphatic carboxylic acids is 1. The van der Waals surface area contributed by atoms with Crippen molar-refractivity contribution < 1.29 is 19.5 Å². The number of rotatable bonds is 5. The maximum Gasteiger partial charge on any atom is 0.323 e. The molecule has 1 aromatic rings. The van der Waals surface area contributed by atoms with E-state index in [1.165, 1.54) is 12.4 Å². The van der Waals surface area contributed by atoms with Crippen molar-refractivity contribution in [3.63, 3.8) is 0 Å². The Kier molecular flexibility index (Phi) is 4.30. The lowest BCUT2D eigenvalue weighted by atomic mass is 10.3. The van der Waals surface area contributed by atoms with Gasteiger partial charge in [-0.2, -0.15) is 0 Å². The molecule has 0 bridgehead atoms. The van der Waals surface area contributed by atoms with Gasteiger partial charge >= 0.3 is 5.97 Å². The van der Waals surface area contributed by atoms with Crippen LogP contribution in [0.4, 0.5) is 0 Å². The van der Waals surface area contributed by atoms with Crippen molar-refractivity contribution >= 4 is 17.8 Å². The lowest BCUT2D eigenvalue weighted by Crippen LogP contribution is -2.41. The van der Waals surface area contributed by atoms with Crippen LogP contribution in [0, 0.1) is 6.92 Å². The van der Waals surface area contributed by atoms with E-state index in [1.807, 2.05) is 0 Å². The number of hydrogen-bond donors (Lipinski definition) is 2. The second kappa shape index (κ2) is 5.71. The number of nitrogens with zero attached hydrogens (tertiary/aromatic N) is 3. The van der Waals surface area contributed by atoms with Gasteiger partial charge in [-0.3, -0.25) is 19.4 Å². The number of aromatic nitrogens is 2. The Labute approximate surface area is 102 Å². The number of carboxylic acids is 1. The fourth-order valence-electron chi connectivity index (χ4n) is 1.22. The summed E-state index contributed by atoms with van der Waals surface area (Å²) in [5.41, 5.74) is 5.53. The predicted molar refractivity (Wildman–Crippen MR) is 59.5 cm³/mol. The first kappa shape index (κ1) is 13.6. The predicted octanol–water partition coefficient (Wildman–Crippen LogP) is -1.20. The summed E-state index contributed by atoms with van der Waals surface area (Å²) in [4.78, 5) is 41.7. The third-order valence-corrected chi connectivity index (χ3v) is 1.96. The SMILES string of the molecule is Cc1cnc(C(=O)N(CC(N)=O)CC(=O)O)cn1. The van der Waals surface area contributed by atoms with Crippen molar-refractivity contribution in [2.24, 2.45) is 5.73 Å². The zero-order chi connectivity index (χ0) is 13.7. The zero-order valence-electron chi connectivity index (χ0n) is 9.66. The summed E-state index contributed by atoms with van der Waals surface area (Å²) in [5, 5.41) is 8.65. The Morgan fingerprint density at radius 1 is 1.28 bits per heavy atom. The molecule has 18 heavy (non-hydrogen) atoms. The first-order valence-corrected chi connectivity index (χ1v) is 4.98. The van der Waals surface area contributed by atoms with Gasteiger partial charge in [-0.15, -0.1) is 0 Å². The number of nitrogens with two attached hydrogens (primary N) is 1. The maximum absolute atomic E-state index is 11.9. The summed E-state index contributed by atoms with van der Waals surface area (Å²) in [5.74, 6) is -2.75. The average Bonchev–Trinajstić information content (AvgIpc) is 2.27. The van der Waals surface area contributed by atoms with Crippen LogP contribution in [0.2, 0.25) is 0 Å². The lowest BCUT2D eigenvalue weighted by molar-refractivity contribution is -0.138. The van der Waals surface area contributed by atoms with Crippen molar-refractivity contribution in [1.82, 2.24) is 14.9 Å². The fourth-order valence-corrected chi connectivity index (χ4v) is 1.22. The number of aryl methyl sites for hydroxylation is 1. The number of carbonyl (C=O) groups excluding carboxylic acids is 2. The molecule has 0 unspecified atom stereocenters. The second-order valence-electron chi connectivity index (χ2n) is 3.56. The summed E-state index contributed by atoms with van der Waals surface area (Å²) in [6, 6.07) is 0. The molecule has 1 rings (SSSR count). The van der Waals surface area contributed by atoms with E-state index in [9.17, 15) is 14.4 Å². The van der Waals surface area contributed by atoms with Gasteiger partial charge in [0.2, 0.25) is 5.91 Å². The molecule has 0 aliphatic heterocycles. The van der Waals surface area contributed by atoms with Gasteiger partial charge in [0.05, 0.1) is 11.9 Å². The lowest BCUT2D eigenvalue weighted by Gasteiger charge is -2.18. The minimum atomic E-state index is -1.25. The van der Waals surface area contributed by atoms with E-state index in [2.05, 4.69) is 9.97 Å². The van der Waals surface area contributed by atoms with Crippen molar-refractivity contribution in [2.45, 2.75) is 6.92 Å². The Bertz CT molecular complexity index is 455. The van der Waals surface area contributed by atoms with Crippen LogP contribution in [0.3, 0.4) is 0 Å². The summed E-state index contributed by atoms with van der Waals surface area (Å²) in [6.07, 6.45) is 2.59. The van der Waals surface area contributed by atoms with Gasteiger partial charge < -0.3 is 15.7 Å². The molecule has 0 saturated heterocycles. The topological polar surface area (TPSA) is 126 Å². The summed E-state index contributed by atoms with van der Waals surface area (Å²) in [6.45, 7) is 0.581. The van der Waals surface area contributed by atoms with Crippen LogP contribution in [0.5, 0.6) is 0 Å². The summed E-state index contributed by atoms with van der Waals surface area (Å²) >= 11 is 0. The number of primary amides is 1. The van der Waals surface area contributed by atoms with Crippen molar-refractivity contribution in [3.05, 3.63) is 23.8 Å². The monoisotopic (exact) mass is 252 g/mol. The van der Waals surface area contributed by atoms with E-state index in [1.54, 1.807) is 6.92 Å². The maximum atomic E-state index is 11.9. The van der Waals surface area contributed by atoms with Gasteiger partial charge in [0.25, 0.3) is 5.91 Å². The van der Waals surface area contributed by atoms with Gasteiger partial charge in [0.1, 0.15) is 18.8 Å². The molecule has 1 aromatic heterocycles. The molecule has 0 saturated carbocycles. The van der Waals surface area contributed by atoms with E-state index >= 15 is 0 Å². The van der Waals surface area contributed by atoms with Gasteiger partial charge in [0.15, 0.2) is 0 Å². The molecule has 0 fully saturated rings. The molecule has 0 atom stereocenters. The summed E-state index contributed by atoms with van der Waals surface area (Å²) < 4.78 is 0. The highest BCUT2D eigenvalue weighted by molar-refractivity contribution is 5.96. The molecule has 0 radical (unpaired) electrons. The quantitative estimate of drug-likeness (QED) is 0.677. The van der Waals surface area contributed by atoms with Crippen molar-refractivity contribution in [3.8, 4) is 0 Å². The van der Waals surface area contributed by atoms with Crippen LogP contribution in [0.25, 0.3) is 0 Å². The minimum absolute atomic E-state index is 0.0388. The first-order valence-electron chi connectivity index (χ1n) is 4.98. The van der Waals surface area contributed by atoms with E-state index in [4.69, 9.17) is 10.8 Å². The minimum Gasteiger partial charge on any atom is -0.480 e. The van der Waals surface area contributed by atoms with E-state index < -0.39 is 30.9 Å². The van der Waals surface area contributed by atoms with Crippen LogP contribution >= 0.6 is 0 Å². The number of hydrogen-bond acceptors (Lipinski definition) is 5. The average molecular weight is 252 g/mol. The van der Waals surface area contributed by atoms with Crippen LogP contribution in [-0.4, -0.2) is 50.8 Å². The normalized spacial score (nSPS) is 9.83. The van der Waals surface area contributed by atoms with Gasteiger partial charge in [-0.1, -0.05) is 0 Å². The van der Waals surface area contributed by atoms with Crippen LogP contribution in [-0.2, 0) is 9.59 Å². The third kappa shape index (κ3) is 3.81. The van der Waals surface area contributed by atoms with E-state index in [-0.39, 0.29) is 5.69 Å². The molecule has 0 spiro atoms. The van der Waals surface area contributed by atoms with Crippen molar-refractivity contribution in [1.29, 1.82) is 0 Å². The molecule has 3 N–H and O–H groups in total. The summed E-state index contributed by atoms with van der Waals surface area (Å²) in [7, 11) is 0. The number of carboxylic acid groups (broad SMARTS) is 1. The number of amides is 2. The standard InChI is InChI=1S/C10H12N4O4/c1-6-2-13-7(3-12-6)10(18)14(4-8(11)15)5-9(16)17/h2-3H,4-5H2,1H3,(H2,11,15)(H,16,17). The first-order chi connectivity index (χ1) is 8.40. The number of carbonyl (C=O) groups is 3. The van der Waals surface area contributed by atoms with Gasteiger partial charge in [-0.05, 0) is 6.92 Å². The van der Waals surface area contributed by atoms with Crippen LogP contribution in [0.15, 0.2) is 12.4 Å². The Balaban J connectivity index is 2.90. The van der Waals surface area contributed by atoms with Crippen LogP contribution < -0.4 is 5.73 Å². The Hall–Kier alpha value is -2.51. The molecule has 8 heteroatoms. The molecule has 8 nitrogen and oxygen atoms in total. The molecule has 96 valence electrons. The second-order valence-corrected chi connectivity index (χ2v) is 3.56. The molecule has 1 heterocycles.